The summed E-state index contributed by atoms with van der Waals surface area (Å²) in [6, 6.07) is 8.42. The van der Waals surface area contributed by atoms with Gasteiger partial charge in [-0.05, 0) is 74.5 Å². The molecule has 0 aromatic heterocycles. The molecular weight excluding hydrogens is 288 g/mol. The zero-order valence-corrected chi connectivity index (χ0v) is 15.7. The maximum Gasteiger partial charge on any atom is 0.241 e. The smallest absolute Gasteiger partial charge is 0.241 e. The average molecular weight is 319 g/mol. The van der Waals surface area contributed by atoms with Gasteiger partial charge >= 0.3 is 0 Å². The lowest BCUT2D eigenvalue weighted by Gasteiger charge is -2.34. The molecule has 0 saturated heterocycles. The molecule has 0 N–H and O–H groups in total. The summed E-state index contributed by atoms with van der Waals surface area (Å²) in [6.45, 7) is 9.15. The van der Waals surface area contributed by atoms with Crippen LogP contribution in [0.25, 0.3) is 0 Å². The van der Waals surface area contributed by atoms with Crippen molar-refractivity contribution in [3.8, 4) is 5.75 Å². The monoisotopic (exact) mass is 318 g/mol. The summed E-state index contributed by atoms with van der Waals surface area (Å²) in [4.78, 5) is 0. The fourth-order valence-electron chi connectivity index (χ4n) is 3.13. The SMILES string of the molecule is COc1cccc(CC[C@]2(C)C=C(O[Si](C)(C)C)CCC2)c1. The Bertz CT molecular complexity index is 530. The molecule has 2 nitrogen and oxygen atoms in total. The van der Waals surface area contributed by atoms with Gasteiger partial charge in [0.15, 0.2) is 0 Å². The second-order valence-electron chi connectivity index (χ2n) is 7.68. The number of ether oxygens (including phenoxy) is 1. The largest absolute Gasteiger partial charge is 0.548 e. The average Bonchev–Trinajstić information content (AvgIpc) is 2.44. The third-order valence-corrected chi connectivity index (χ3v) is 5.11. The van der Waals surface area contributed by atoms with E-state index < -0.39 is 8.32 Å². The van der Waals surface area contributed by atoms with Crippen LogP contribution in [0.15, 0.2) is 36.1 Å². The van der Waals surface area contributed by atoms with E-state index in [4.69, 9.17) is 9.16 Å². The topological polar surface area (TPSA) is 18.5 Å². The Morgan fingerprint density at radius 1 is 1.23 bits per heavy atom. The lowest BCUT2D eigenvalue weighted by atomic mass is 9.76. The third-order valence-electron chi connectivity index (χ3n) is 4.24. The van der Waals surface area contributed by atoms with E-state index in [0.717, 1.165) is 18.6 Å². The molecule has 0 fully saturated rings. The molecule has 1 aromatic rings. The van der Waals surface area contributed by atoms with Crippen LogP contribution in [0, 0.1) is 5.41 Å². The number of hydrogen-bond acceptors (Lipinski definition) is 2. The van der Waals surface area contributed by atoms with Crippen molar-refractivity contribution < 1.29 is 9.16 Å². The maximum atomic E-state index is 6.24. The van der Waals surface area contributed by atoms with Crippen molar-refractivity contribution in [1.29, 1.82) is 0 Å². The van der Waals surface area contributed by atoms with Gasteiger partial charge in [0.2, 0.25) is 8.32 Å². The number of methoxy groups -OCH3 is 1. The van der Waals surface area contributed by atoms with Crippen molar-refractivity contribution in [2.75, 3.05) is 7.11 Å². The second kappa shape index (κ2) is 6.91. The summed E-state index contributed by atoms with van der Waals surface area (Å²) >= 11 is 0. The quantitative estimate of drug-likeness (QED) is 0.640. The summed E-state index contributed by atoms with van der Waals surface area (Å²) in [7, 11) is 0.235. The Morgan fingerprint density at radius 3 is 2.68 bits per heavy atom. The van der Waals surface area contributed by atoms with E-state index in [1.165, 1.54) is 30.6 Å². The molecule has 0 radical (unpaired) electrons. The highest BCUT2D eigenvalue weighted by molar-refractivity contribution is 6.70. The van der Waals surface area contributed by atoms with Crippen LogP contribution in [0.4, 0.5) is 0 Å². The first kappa shape index (κ1) is 17.1. The molecule has 2 rings (SSSR count). The van der Waals surface area contributed by atoms with Gasteiger partial charge in [-0.25, -0.2) is 0 Å². The summed E-state index contributed by atoms with van der Waals surface area (Å²) in [5, 5.41) is 0. The zero-order valence-electron chi connectivity index (χ0n) is 14.7. The van der Waals surface area contributed by atoms with E-state index in [1.807, 2.05) is 6.07 Å². The van der Waals surface area contributed by atoms with E-state index in [1.54, 1.807) is 7.11 Å². The lowest BCUT2D eigenvalue weighted by Crippen LogP contribution is -2.28. The van der Waals surface area contributed by atoms with Crippen LogP contribution in [0.1, 0.15) is 38.2 Å². The molecule has 1 aliphatic rings. The number of rotatable bonds is 6. The van der Waals surface area contributed by atoms with E-state index >= 15 is 0 Å². The molecule has 1 aromatic carbocycles. The molecule has 0 spiro atoms. The zero-order chi connectivity index (χ0) is 16.2. The molecule has 1 atom stereocenters. The van der Waals surface area contributed by atoms with Gasteiger partial charge in [-0.15, -0.1) is 0 Å². The highest BCUT2D eigenvalue weighted by atomic mass is 28.4. The van der Waals surface area contributed by atoms with Gasteiger partial charge in [-0.3, -0.25) is 0 Å². The highest BCUT2D eigenvalue weighted by Crippen LogP contribution is 2.39. The normalized spacial score (nSPS) is 22.1. The summed E-state index contributed by atoms with van der Waals surface area (Å²) in [5.41, 5.74) is 1.61. The Balaban J connectivity index is 2.02. The standard InChI is InChI=1S/C19H30O2Si/c1-19(12-7-10-18(15-19)21-22(3,4)5)13-11-16-8-6-9-17(14-16)20-2/h6,8-9,14-15H,7,10-13H2,1-5H3/t19-/m1/s1. The maximum absolute atomic E-state index is 6.24. The van der Waals surface area contributed by atoms with Crippen LogP contribution in [-0.4, -0.2) is 15.4 Å². The van der Waals surface area contributed by atoms with E-state index in [0.29, 0.717) is 0 Å². The van der Waals surface area contributed by atoms with Crippen molar-refractivity contribution in [3.63, 3.8) is 0 Å². The van der Waals surface area contributed by atoms with Crippen LogP contribution in [0.2, 0.25) is 19.6 Å². The molecule has 1 aliphatic carbocycles. The summed E-state index contributed by atoms with van der Waals surface area (Å²) < 4.78 is 11.6. The molecule has 122 valence electrons. The molecule has 22 heavy (non-hydrogen) atoms. The first-order valence-corrected chi connectivity index (χ1v) is 11.7. The minimum atomic E-state index is -1.49. The van der Waals surface area contributed by atoms with Crippen LogP contribution in [-0.2, 0) is 10.8 Å². The molecule has 0 saturated carbocycles. The molecule has 3 heteroatoms. The second-order valence-corrected chi connectivity index (χ2v) is 12.1. The Kier molecular flexibility index (Phi) is 5.38. The molecule has 0 amide bonds. The predicted molar refractivity (Wildman–Crippen MR) is 95.8 cm³/mol. The van der Waals surface area contributed by atoms with Crippen molar-refractivity contribution in [2.24, 2.45) is 5.41 Å². The molecular formula is C19H30O2Si. The molecule has 0 unspecified atom stereocenters. The van der Waals surface area contributed by atoms with Gasteiger partial charge in [-0.2, -0.15) is 0 Å². The van der Waals surface area contributed by atoms with Gasteiger partial charge in [0, 0.05) is 6.42 Å². The summed E-state index contributed by atoms with van der Waals surface area (Å²) in [5.74, 6) is 2.18. The number of hydrogen-bond donors (Lipinski definition) is 0. The highest BCUT2D eigenvalue weighted by Gasteiger charge is 2.28. The molecule has 0 bridgehead atoms. The summed E-state index contributed by atoms with van der Waals surface area (Å²) in [6.07, 6.45) is 8.28. The fourth-order valence-corrected chi connectivity index (χ4v) is 4.08. The van der Waals surface area contributed by atoms with E-state index in [2.05, 4.69) is 50.8 Å². The van der Waals surface area contributed by atoms with Gasteiger partial charge in [0.25, 0.3) is 0 Å². The number of benzene rings is 1. The first-order valence-electron chi connectivity index (χ1n) is 8.33. The Labute approximate surface area is 136 Å². The number of allylic oxidation sites excluding steroid dienone is 2. The Hall–Kier alpha value is -1.22. The third kappa shape index (κ3) is 5.20. The first-order chi connectivity index (χ1) is 10.3. The van der Waals surface area contributed by atoms with Gasteiger partial charge in [-0.1, -0.05) is 19.1 Å². The van der Waals surface area contributed by atoms with E-state index in [-0.39, 0.29) is 5.41 Å². The van der Waals surface area contributed by atoms with Crippen molar-refractivity contribution >= 4 is 8.32 Å². The van der Waals surface area contributed by atoms with Crippen molar-refractivity contribution in [1.82, 2.24) is 0 Å². The van der Waals surface area contributed by atoms with Crippen molar-refractivity contribution in [3.05, 3.63) is 41.7 Å². The van der Waals surface area contributed by atoms with Crippen LogP contribution >= 0.6 is 0 Å². The van der Waals surface area contributed by atoms with Gasteiger partial charge in [0.05, 0.1) is 12.9 Å². The predicted octanol–water partition coefficient (Wildman–Crippen LogP) is 5.55. The minimum absolute atomic E-state index is 0.260. The lowest BCUT2D eigenvalue weighted by molar-refractivity contribution is 0.282. The van der Waals surface area contributed by atoms with Crippen LogP contribution in [0.3, 0.4) is 0 Å². The van der Waals surface area contributed by atoms with E-state index in [9.17, 15) is 0 Å². The number of aryl methyl sites for hydroxylation is 1. The fraction of sp³-hybridized carbons (Fsp3) is 0.579. The Morgan fingerprint density at radius 2 is 2.00 bits per heavy atom. The van der Waals surface area contributed by atoms with Crippen LogP contribution < -0.4 is 4.74 Å². The van der Waals surface area contributed by atoms with Crippen molar-refractivity contribution in [2.45, 2.75) is 58.7 Å². The van der Waals surface area contributed by atoms with Gasteiger partial charge in [0.1, 0.15) is 5.75 Å². The minimum Gasteiger partial charge on any atom is -0.548 e. The molecule has 0 aliphatic heterocycles. The molecule has 0 heterocycles. The van der Waals surface area contributed by atoms with Gasteiger partial charge < -0.3 is 9.16 Å². The van der Waals surface area contributed by atoms with Crippen LogP contribution in [0.5, 0.6) is 5.75 Å².